The molecule has 1 N–H and O–H groups in total. The number of carbonyl (C=O) groups is 1. The first-order chi connectivity index (χ1) is 9.22. The molecule has 0 fully saturated rings. The number of aromatic nitrogens is 5. The molecule has 2 aromatic rings. The third kappa shape index (κ3) is 3.28. The molecule has 2 rings (SSSR count). The highest BCUT2D eigenvalue weighted by molar-refractivity contribution is 7.99. The second-order valence-electron chi connectivity index (χ2n) is 3.76. The molecule has 0 unspecified atom stereocenters. The van der Waals surface area contributed by atoms with Gasteiger partial charge in [-0.2, -0.15) is 0 Å². The van der Waals surface area contributed by atoms with Crippen molar-refractivity contribution in [3.8, 4) is 5.69 Å². The largest absolute Gasteiger partial charge is 0.481 e. The summed E-state index contributed by atoms with van der Waals surface area (Å²) >= 11 is 1.13. The Morgan fingerprint density at radius 1 is 1.37 bits per heavy atom. The van der Waals surface area contributed by atoms with Gasteiger partial charge in [0.25, 0.3) is 0 Å². The summed E-state index contributed by atoms with van der Waals surface area (Å²) in [5.74, 6) is -0.163. The maximum Gasteiger partial charge on any atom is 0.313 e. The summed E-state index contributed by atoms with van der Waals surface area (Å²) in [5, 5.41) is 17.4. The highest BCUT2D eigenvalue weighted by Crippen LogP contribution is 2.21. The van der Waals surface area contributed by atoms with E-state index in [9.17, 15) is 4.79 Å². The maximum atomic E-state index is 10.6. The number of thioether (sulfide) groups is 1. The van der Waals surface area contributed by atoms with Crippen molar-refractivity contribution in [1.82, 2.24) is 24.7 Å². The zero-order valence-corrected chi connectivity index (χ0v) is 11.2. The molecular formula is C11H13N5O2S. The molecular weight excluding hydrogens is 266 g/mol. The number of carboxylic acid groups (broad SMARTS) is 1. The van der Waals surface area contributed by atoms with Gasteiger partial charge in [0, 0.05) is 6.42 Å². The van der Waals surface area contributed by atoms with Crippen LogP contribution in [-0.2, 0) is 11.2 Å². The first-order valence-corrected chi connectivity index (χ1v) is 6.75. The van der Waals surface area contributed by atoms with Crippen molar-refractivity contribution in [2.75, 3.05) is 5.75 Å². The lowest BCUT2D eigenvalue weighted by molar-refractivity contribution is -0.133. The van der Waals surface area contributed by atoms with Crippen molar-refractivity contribution in [1.29, 1.82) is 0 Å². The van der Waals surface area contributed by atoms with E-state index in [1.807, 2.05) is 6.92 Å². The van der Waals surface area contributed by atoms with Crippen molar-refractivity contribution < 1.29 is 9.90 Å². The average Bonchev–Trinajstić information content (AvgIpc) is 2.81. The lowest BCUT2D eigenvalue weighted by Gasteiger charge is -2.07. The van der Waals surface area contributed by atoms with E-state index in [-0.39, 0.29) is 5.75 Å². The second-order valence-corrected chi connectivity index (χ2v) is 4.71. The van der Waals surface area contributed by atoms with Gasteiger partial charge in [-0.25, -0.2) is 9.97 Å². The number of nitrogens with zero attached hydrogens (tertiary/aromatic N) is 5. The number of carboxylic acids is 1. The predicted molar refractivity (Wildman–Crippen MR) is 69.3 cm³/mol. The van der Waals surface area contributed by atoms with Crippen LogP contribution in [0.4, 0.5) is 0 Å². The minimum Gasteiger partial charge on any atom is -0.481 e. The van der Waals surface area contributed by atoms with E-state index in [1.54, 1.807) is 17.0 Å². The molecule has 0 aliphatic heterocycles. The van der Waals surface area contributed by atoms with Crippen LogP contribution < -0.4 is 0 Å². The first-order valence-electron chi connectivity index (χ1n) is 5.76. The lowest BCUT2D eigenvalue weighted by Crippen LogP contribution is -2.05. The molecule has 0 atom stereocenters. The van der Waals surface area contributed by atoms with E-state index >= 15 is 0 Å². The van der Waals surface area contributed by atoms with Gasteiger partial charge in [0.15, 0.2) is 5.16 Å². The van der Waals surface area contributed by atoms with Gasteiger partial charge in [-0.3, -0.25) is 9.36 Å². The molecule has 0 aliphatic rings. The third-order valence-electron chi connectivity index (χ3n) is 2.30. The van der Waals surface area contributed by atoms with Crippen LogP contribution >= 0.6 is 11.8 Å². The van der Waals surface area contributed by atoms with Gasteiger partial charge in [0.2, 0.25) is 0 Å². The summed E-state index contributed by atoms with van der Waals surface area (Å²) in [5.41, 5.74) is 0.740. The molecule has 0 bridgehead atoms. The molecule has 0 spiro atoms. The molecule has 0 aliphatic carbocycles. The van der Waals surface area contributed by atoms with Gasteiger partial charge in [0.1, 0.15) is 12.2 Å². The summed E-state index contributed by atoms with van der Waals surface area (Å²) in [4.78, 5) is 18.6. The molecule has 0 radical (unpaired) electrons. The van der Waals surface area contributed by atoms with Gasteiger partial charge in [0.05, 0.1) is 23.8 Å². The van der Waals surface area contributed by atoms with Crippen LogP contribution in [0, 0.1) is 0 Å². The standard InChI is InChI=1S/C11H13N5O2S/c1-2-3-9-14-15-11(19-6-10(17)18)16(9)8-4-12-7-13-5-8/h4-5,7H,2-3,6H2,1H3,(H,17,18). The fourth-order valence-corrected chi connectivity index (χ4v) is 2.26. The van der Waals surface area contributed by atoms with Gasteiger partial charge in [-0.05, 0) is 6.42 Å². The fraction of sp³-hybridized carbons (Fsp3) is 0.364. The van der Waals surface area contributed by atoms with Crippen LogP contribution in [0.2, 0.25) is 0 Å². The summed E-state index contributed by atoms with van der Waals surface area (Å²) in [6.45, 7) is 2.05. The molecule has 0 saturated heterocycles. The molecule has 100 valence electrons. The van der Waals surface area contributed by atoms with E-state index in [0.717, 1.165) is 36.1 Å². The number of aryl methyl sites for hydroxylation is 1. The van der Waals surface area contributed by atoms with Gasteiger partial charge in [-0.15, -0.1) is 10.2 Å². The molecule has 19 heavy (non-hydrogen) atoms. The van der Waals surface area contributed by atoms with Gasteiger partial charge in [-0.1, -0.05) is 18.7 Å². The lowest BCUT2D eigenvalue weighted by atomic mass is 10.3. The summed E-state index contributed by atoms with van der Waals surface area (Å²) in [6.07, 6.45) is 6.43. The SMILES string of the molecule is CCCc1nnc(SCC(=O)O)n1-c1cncnc1. The number of hydrogen-bond donors (Lipinski definition) is 1. The minimum absolute atomic E-state index is 0.0576. The molecule has 0 aromatic carbocycles. The highest BCUT2D eigenvalue weighted by atomic mass is 32.2. The summed E-state index contributed by atoms with van der Waals surface area (Å²) in [7, 11) is 0. The Balaban J connectivity index is 2.36. The number of aliphatic carboxylic acids is 1. The quantitative estimate of drug-likeness (QED) is 0.793. The fourth-order valence-electron chi connectivity index (χ4n) is 1.57. The van der Waals surface area contributed by atoms with Crippen molar-refractivity contribution in [3.63, 3.8) is 0 Å². The Labute approximate surface area is 114 Å². The predicted octanol–water partition coefficient (Wildman–Crippen LogP) is 1.19. The topological polar surface area (TPSA) is 93.8 Å². The zero-order chi connectivity index (χ0) is 13.7. The van der Waals surface area contributed by atoms with Crippen molar-refractivity contribution >= 4 is 17.7 Å². The van der Waals surface area contributed by atoms with Crippen molar-refractivity contribution in [3.05, 3.63) is 24.5 Å². The Hall–Kier alpha value is -1.96. The average molecular weight is 279 g/mol. The molecule has 0 amide bonds. The smallest absolute Gasteiger partial charge is 0.313 e. The van der Waals surface area contributed by atoms with Crippen LogP contribution in [0.15, 0.2) is 23.9 Å². The Bertz CT molecular complexity index is 557. The monoisotopic (exact) mass is 279 g/mol. The number of rotatable bonds is 6. The minimum atomic E-state index is -0.888. The van der Waals surface area contributed by atoms with E-state index in [4.69, 9.17) is 5.11 Å². The van der Waals surface area contributed by atoms with Gasteiger partial charge >= 0.3 is 5.97 Å². The van der Waals surface area contributed by atoms with Crippen LogP contribution in [0.3, 0.4) is 0 Å². The highest BCUT2D eigenvalue weighted by Gasteiger charge is 2.15. The third-order valence-corrected chi connectivity index (χ3v) is 3.22. The van der Waals surface area contributed by atoms with Crippen molar-refractivity contribution in [2.45, 2.75) is 24.9 Å². The van der Waals surface area contributed by atoms with E-state index in [2.05, 4.69) is 20.2 Å². The number of hydrogen-bond acceptors (Lipinski definition) is 6. The molecule has 0 saturated carbocycles. The summed E-state index contributed by atoms with van der Waals surface area (Å²) < 4.78 is 1.80. The molecule has 8 heteroatoms. The molecule has 2 heterocycles. The zero-order valence-electron chi connectivity index (χ0n) is 10.4. The first kappa shape index (κ1) is 13.5. The maximum absolute atomic E-state index is 10.6. The Morgan fingerprint density at radius 2 is 2.11 bits per heavy atom. The summed E-state index contributed by atoms with van der Waals surface area (Å²) in [6, 6.07) is 0. The van der Waals surface area contributed by atoms with E-state index < -0.39 is 5.97 Å². The van der Waals surface area contributed by atoms with Crippen LogP contribution in [0.25, 0.3) is 5.69 Å². The second kappa shape index (κ2) is 6.28. The van der Waals surface area contributed by atoms with E-state index in [0.29, 0.717) is 5.16 Å². The van der Waals surface area contributed by atoms with Gasteiger partial charge < -0.3 is 5.11 Å². The Kier molecular flexibility index (Phi) is 4.45. The molecule has 7 nitrogen and oxygen atoms in total. The normalized spacial score (nSPS) is 10.6. The van der Waals surface area contributed by atoms with E-state index in [1.165, 1.54) is 6.33 Å². The Morgan fingerprint density at radius 3 is 2.74 bits per heavy atom. The van der Waals surface area contributed by atoms with Crippen LogP contribution in [0.1, 0.15) is 19.2 Å². The van der Waals surface area contributed by atoms with Crippen LogP contribution in [0.5, 0.6) is 0 Å². The van der Waals surface area contributed by atoms with Crippen LogP contribution in [-0.4, -0.2) is 41.6 Å². The molecule has 2 aromatic heterocycles. The van der Waals surface area contributed by atoms with Crippen molar-refractivity contribution in [2.24, 2.45) is 0 Å².